The Morgan fingerprint density at radius 3 is 1.47 bits per heavy atom. The minimum absolute atomic E-state index is 0.0700. The van der Waals surface area contributed by atoms with E-state index in [1.54, 1.807) is 12.1 Å². The maximum atomic E-state index is 9.93. The van der Waals surface area contributed by atoms with Crippen molar-refractivity contribution >= 4 is 55.1 Å². The number of hydrogen-bond acceptors (Lipinski definition) is 2. The topological polar surface area (TPSA) is 40.5 Å². The van der Waals surface area contributed by atoms with E-state index in [1.165, 1.54) is 12.1 Å². The highest BCUT2D eigenvalue weighted by molar-refractivity contribution is 9.10. The maximum Gasteiger partial charge on any atom is 0.121 e. The second-order valence-electron chi connectivity index (χ2n) is 3.95. The van der Waals surface area contributed by atoms with Crippen molar-refractivity contribution in [1.29, 1.82) is 0 Å². The van der Waals surface area contributed by atoms with Gasteiger partial charge in [-0.05, 0) is 24.3 Å². The van der Waals surface area contributed by atoms with Gasteiger partial charge in [0.1, 0.15) is 11.5 Å². The Labute approximate surface area is 137 Å². The third-order valence-electron chi connectivity index (χ3n) is 2.63. The summed E-state index contributed by atoms with van der Waals surface area (Å²) in [6.45, 7) is 0. The van der Waals surface area contributed by atoms with Crippen LogP contribution in [-0.2, 0) is 6.42 Å². The number of benzene rings is 2. The van der Waals surface area contributed by atoms with Crippen molar-refractivity contribution < 1.29 is 10.2 Å². The van der Waals surface area contributed by atoms with Crippen LogP contribution in [0, 0.1) is 0 Å². The summed E-state index contributed by atoms with van der Waals surface area (Å²) in [5, 5.41) is 20.7. The molecule has 0 amide bonds. The molecule has 0 radical (unpaired) electrons. The van der Waals surface area contributed by atoms with Crippen LogP contribution in [0.4, 0.5) is 0 Å². The molecule has 6 heteroatoms. The van der Waals surface area contributed by atoms with Crippen LogP contribution in [0.1, 0.15) is 11.1 Å². The van der Waals surface area contributed by atoms with Crippen LogP contribution in [0.5, 0.6) is 11.5 Å². The normalized spacial score (nSPS) is 10.7. The number of aromatic hydroxyl groups is 2. The van der Waals surface area contributed by atoms with Crippen LogP contribution < -0.4 is 0 Å². The van der Waals surface area contributed by atoms with Crippen LogP contribution >= 0.6 is 55.1 Å². The van der Waals surface area contributed by atoms with Gasteiger partial charge in [-0.1, -0.05) is 55.1 Å². The first-order valence-corrected chi connectivity index (χ1v) is 7.56. The molecular formula is C13H8Br2Cl2O2. The van der Waals surface area contributed by atoms with Crippen molar-refractivity contribution in [3.8, 4) is 11.5 Å². The van der Waals surface area contributed by atoms with E-state index in [0.717, 1.165) is 0 Å². The van der Waals surface area contributed by atoms with E-state index < -0.39 is 0 Å². The molecule has 0 atom stereocenters. The van der Waals surface area contributed by atoms with Crippen molar-refractivity contribution in [3.05, 3.63) is 54.4 Å². The Balaban J connectivity index is 2.48. The van der Waals surface area contributed by atoms with Gasteiger partial charge in [-0.15, -0.1) is 0 Å². The molecular weight excluding hydrogens is 419 g/mol. The highest BCUT2D eigenvalue weighted by Crippen LogP contribution is 2.37. The zero-order valence-electron chi connectivity index (χ0n) is 9.42. The first kappa shape index (κ1) is 15.0. The number of halogens is 4. The average Bonchev–Trinajstić information content (AvgIpc) is 2.25. The Kier molecular flexibility index (Phi) is 4.66. The van der Waals surface area contributed by atoms with Crippen LogP contribution in [0.25, 0.3) is 0 Å². The monoisotopic (exact) mass is 424 g/mol. The van der Waals surface area contributed by atoms with Gasteiger partial charge in [0, 0.05) is 36.5 Å². The fourth-order valence-electron chi connectivity index (χ4n) is 1.71. The fraction of sp³-hybridized carbons (Fsp3) is 0.0769. The fourth-order valence-corrected chi connectivity index (χ4v) is 3.57. The summed E-state index contributed by atoms with van der Waals surface area (Å²) in [5.74, 6) is 0.140. The van der Waals surface area contributed by atoms with Crippen LogP contribution in [0.15, 0.2) is 33.2 Å². The lowest BCUT2D eigenvalue weighted by atomic mass is 10.0. The van der Waals surface area contributed by atoms with E-state index in [2.05, 4.69) is 31.9 Å². The number of phenolic OH excluding ortho intramolecular Hbond substituents is 2. The SMILES string of the molecule is Oc1cc(Cl)cc(Br)c1Cc1c(O)cc(Cl)cc1Br. The number of hydrogen-bond donors (Lipinski definition) is 2. The van der Waals surface area contributed by atoms with Crippen molar-refractivity contribution in [2.45, 2.75) is 6.42 Å². The van der Waals surface area contributed by atoms with Crippen LogP contribution in [-0.4, -0.2) is 10.2 Å². The summed E-state index contributed by atoms with van der Waals surface area (Å²) in [4.78, 5) is 0. The van der Waals surface area contributed by atoms with Gasteiger partial charge in [-0.3, -0.25) is 0 Å². The van der Waals surface area contributed by atoms with E-state index in [0.29, 0.717) is 36.5 Å². The Bertz CT molecular complexity index is 543. The molecule has 2 rings (SSSR count). The molecule has 2 aromatic rings. The van der Waals surface area contributed by atoms with Crippen LogP contribution in [0.2, 0.25) is 10.0 Å². The van der Waals surface area contributed by atoms with E-state index >= 15 is 0 Å². The summed E-state index contributed by atoms with van der Waals surface area (Å²) < 4.78 is 1.36. The molecule has 0 bridgehead atoms. The quantitative estimate of drug-likeness (QED) is 0.663. The van der Waals surface area contributed by atoms with Gasteiger partial charge in [0.2, 0.25) is 0 Å². The molecule has 0 fully saturated rings. The number of rotatable bonds is 2. The van der Waals surface area contributed by atoms with Crippen molar-refractivity contribution in [3.63, 3.8) is 0 Å². The van der Waals surface area contributed by atoms with Crippen molar-refractivity contribution in [2.24, 2.45) is 0 Å². The van der Waals surface area contributed by atoms with E-state index in [-0.39, 0.29) is 11.5 Å². The highest BCUT2D eigenvalue weighted by Gasteiger charge is 2.14. The smallest absolute Gasteiger partial charge is 0.121 e. The minimum Gasteiger partial charge on any atom is -0.508 e. The van der Waals surface area contributed by atoms with E-state index in [4.69, 9.17) is 23.2 Å². The molecule has 0 unspecified atom stereocenters. The van der Waals surface area contributed by atoms with Crippen LogP contribution in [0.3, 0.4) is 0 Å². The summed E-state index contributed by atoms with van der Waals surface area (Å²) in [6.07, 6.45) is 0.340. The highest BCUT2D eigenvalue weighted by atomic mass is 79.9. The lowest BCUT2D eigenvalue weighted by molar-refractivity contribution is 0.462. The average molecular weight is 427 g/mol. The third-order valence-corrected chi connectivity index (χ3v) is 4.48. The predicted molar refractivity (Wildman–Crippen MR) is 84.4 cm³/mol. The van der Waals surface area contributed by atoms with Gasteiger partial charge >= 0.3 is 0 Å². The maximum absolute atomic E-state index is 9.93. The van der Waals surface area contributed by atoms with Gasteiger partial charge in [0.15, 0.2) is 0 Å². The Morgan fingerprint density at radius 2 is 1.16 bits per heavy atom. The molecule has 0 saturated heterocycles. The molecule has 0 saturated carbocycles. The van der Waals surface area contributed by atoms with E-state index in [1.807, 2.05) is 0 Å². The first-order chi connectivity index (χ1) is 8.88. The van der Waals surface area contributed by atoms with Gasteiger partial charge in [0.05, 0.1) is 0 Å². The lowest BCUT2D eigenvalue weighted by Crippen LogP contribution is -1.93. The second-order valence-corrected chi connectivity index (χ2v) is 6.53. The van der Waals surface area contributed by atoms with Gasteiger partial charge in [0.25, 0.3) is 0 Å². The molecule has 0 aliphatic heterocycles. The largest absolute Gasteiger partial charge is 0.508 e. The van der Waals surface area contributed by atoms with Gasteiger partial charge < -0.3 is 10.2 Å². The minimum atomic E-state index is 0.0700. The molecule has 2 aromatic carbocycles. The lowest BCUT2D eigenvalue weighted by Gasteiger charge is -2.11. The summed E-state index contributed by atoms with van der Waals surface area (Å²) in [6, 6.07) is 6.31. The molecule has 0 heterocycles. The molecule has 0 aromatic heterocycles. The molecule has 19 heavy (non-hydrogen) atoms. The van der Waals surface area contributed by atoms with Crippen molar-refractivity contribution in [1.82, 2.24) is 0 Å². The summed E-state index contributed by atoms with van der Waals surface area (Å²) >= 11 is 18.4. The third kappa shape index (κ3) is 3.37. The second kappa shape index (κ2) is 5.92. The molecule has 0 aliphatic carbocycles. The van der Waals surface area contributed by atoms with Gasteiger partial charge in [-0.2, -0.15) is 0 Å². The number of phenols is 2. The molecule has 100 valence electrons. The summed E-state index contributed by atoms with van der Waals surface area (Å²) in [7, 11) is 0. The molecule has 0 spiro atoms. The zero-order valence-corrected chi connectivity index (χ0v) is 14.1. The Morgan fingerprint density at radius 1 is 0.789 bits per heavy atom. The van der Waals surface area contributed by atoms with E-state index in [9.17, 15) is 10.2 Å². The molecule has 0 aliphatic rings. The zero-order chi connectivity index (χ0) is 14.2. The Hall–Kier alpha value is -0.420. The van der Waals surface area contributed by atoms with Crippen molar-refractivity contribution in [2.75, 3.05) is 0 Å². The standard InChI is InChI=1S/C13H8Br2Cl2O2/c14-10-1-6(16)3-12(18)8(10)5-9-11(15)2-7(17)4-13(9)19/h1-4,18-19H,5H2. The molecule has 2 nitrogen and oxygen atoms in total. The first-order valence-electron chi connectivity index (χ1n) is 5.22. The predicted octanol–water partition coefficient (Wildman–Crippen LogP) is 5.52. The summed E-state index contributed by atoms with van der Waals surface area (Å²) in [5.41, 5.74) is 1.28. The van der Waals surface area contributed by atoms with Gasteiger partial charge in [-0.25, -0.2) is 0 Å². The molecule has 2 N–H and O–H groups in total.